The third kappa shape index (κ3) is 2.92. The number of amides is 1. The molecule has 1 aliphatic carbocycles. The Morgan fingerprint density at radius 3 is 2.63 bits per heavy atom. The molecule has 2 rings (SSSR count). The zero-order valence-corrected chi connectivity index (χ0v) is 11.9. The highest BCUT2D eigenvalue weighted by molar-refractivity contribution is 7.80. The molecule has 0 aliphatic heterocycles. The van der Waals surface area contributed by atoms with Gasteiger partial charge in [0.2, 0.25) is 5.91 Å². The van der Waals surface area contributed by atoms with Crippen molar-refractivity contribution in [3.63, 3.8) is 0 Å². The number of aryl methyl sites for hydroxylation is 1. The Hall–Kier alpha value is -1.49. The number of hydrogen-bond donors (Lipinski definition) is 2. The lowest BCUT2D eigenvalue weighted by atomic mass is 9.73. The number of thiocarbonyl (C=S) groups is 1. The second-order valence-corrected chi connectivity index (χ2v) is 5.65. The van der Waals surface area contributed by atoms with E-state index in [9.17, 15) is 4.79 Å². The molecule has 1 heterocycles. The van der Waals surface area contributed by atoms with E-state index in [1.807, 2.05) is 13.0 Å². The minimum atomic E-state index is -0.683. The standard InChI is InChI=1S/C14H19N3OS/c1-10-7-11(9-16-8-10)17-13(18)14(12(15)19)5-3-2-4-6-14/h7-9H,2-6H2,1H3,(H2,15,19)(H,17,18). The average molecular weight is 277 g/mol. The number of aromatic nitrogens is 1. The van der Waals surface area contributed by atoms with E-state index in [0.29, 0.717) is 10.7 Å². The van der Waals surface area contributed by atoms with Gasteiger partial charge in [0.15, 0.2) is 0 Å². The van der Waals surface area contributed by atoms with E-state index in [-0.39, 0.29) is 5.91 Å². The minimum Gasteiger partial charge on any atom is -0.392 e. The SMILES string of the molecule is Cc1cncc(NC(=O)C2(C(N)=S)CCCCC2)c1. The molecule has 1 amide bonds. The Morgan fingerprint density at radius 2 is 2.05 bits per heavy atom. The lowest BCUT2D eigenvalue weighted by Crippen LogP contribution is -2.47. The van der Waals surface area contributed by atoms with Gasteiger partial charge in [-0.1, -0.05) is 31.5 Å². The van der Waals surface area contributed by atoms with Gasteiger partial charge < -0.3 is 11.1 Å². The maximum absolute atomic E-state index is 12.5. The fourth-order valence-electron chi connectivity index (χ4n) is 2.61. The molecule has 1 aliphatic rings. The average Bonchev–Trinajstić information content (AvgIpc) is 2.39. The van der Waals surface area contributed by atoms with Crippen molar-refractivity contribution in [2.24, 2.45) is 11.1 Å². The van der Waals surface area contributed by atoms with Crippen LogP contribution >= 0.6 is 12.2 Å². The summed E-state index contributed by atoms with van der Waals surface area (Å²) in [6.07, 6.45) is 8.01. The Bertz CT molecular complexity index is 495. The maximum Gasteiger partial charge on any atom is 0.237 e. The first-order valence-corrected chi connectivity index (χ1v) is 6.98. The summed E-state index contributed by atoms with van der Waals surface area (Å²) in [6, 6.07) is 1.89. The molecule has 0 spiro atoms. The summed E-state index contributed by atoms with van der Waals surface area (Å²) in [5.74, 6) is -0.0906. The normalized spacial score (nSPS) is 17.7. The van der Waals surface area contributed by atoms with E-state index in [0.717, 1.165) is 37.7 Å². The summed E-state index contributed by atoms with van der Waals surface area (Å²) in [6.45, 7) is 1.94. The number of carbonyl (C=O) groups excluding carboxylic acids is 1. The number of carbonyl (C=O) groups is 1. The van der Waals surface area contributed by atoms with Gasteiger partial charge in [0, 0.05) is 6.20 Å². The van der Waals surface area contributed by atoms with Crippen LogP contribution in [0.15, 0.2) is 18.5 Å². The van der Waals surface area contributed by atoms with Crippen LogP contribution in [-0.4, -0.2) is 15.9 Å². The van der Waals surface area contributed by atoms with Gasteiger partial charge >= 0.3 is 0 Å². The molecule has 1 aromatic rings. The largest absolute Gasteiger partial charge is 0.392 e. The quantitative estimate of drug-likeness (QED) is 0.833. The number of rotatable bonds is 3. The second kappa shape index (κ2) is 5.65. The summed E-state index contributed by atoms with van der Waals surface area (Å²) in [5.41, 5.74) is 6.86. The number of nitrogens with two attached hydrogens (primary N) is 1. The van der Waals surface area contributed by atoms with E-state index < -0.39 is 5.41 Å². The molecule has 0 saturated heterocycles. The molecule has 5 heteroatoms. The van der Waals surface area contributed by atoms with Gasteiger partial charge in [-0.05, 0) is 31.4 Å². The topological polar surface area (TPSA) is 68.0 Å². The first kappa shape index (κ1) is 13.9. The van der Waals surface area contributed by atoms with Crippen LogP contribution in [0.4, 0.5) is 5.69 Å². The van der Waals surface area contributed by atoms with Gasteiger partial charge in [0.25, 0.3) is 0 Å². The minimum absolute atomic E-state index is 0.0906. The van der Waals surface area contributed by atoms with Crippen LogP contribution in [0.5, 0.6) is 0 Å². The zero-order valence-electron chi connectivity index (χ0n) is 11.1. The summed E-state index contributed by atoms with van der Waals surface area (Å²) >= 11 is 5.15. The zero-order chi connectivity index (χ0) is 13.9. The van der Waals surface area contributed by atoms with Crippen molar-refractivity contribution in [1.82, 2.24) is 4.98 Å². The highest BCUT2D eigenvalue weighted by atomic mass is 32.1. The number of nitrogens with zero attached hydrogens (tertiary/aromatic N) is 1. The molecule has 0 radical (unpaired) electrons. The van der Waals surface area contributed by atoms with Crippen molar-refractivity contribution in [2.75, 3.05) is 5.32 Å². The maximum atomic E-state index is 12.5. The van der Waals surface area contributed by atoms with Crippen LogP contribution in [0.1, 0.15) is 37.7 Å². The van der Waals surface area contributed by atoms with Gasteiger partial charge in [-0.15, -0.1) is 0 Å². The van der Waals surface area contributed by atoms with Crippen LogP contribution in [0, 0.1) is 12.3 Å². The van der Waals surface area contributed by atoms with Gasteiger partial charge in [-0.2, -0.15) is 0 Å². The molecule has 1 aromatic heterocycles. The lowest BCUT2D eigenvalue weighted by Gasteiger charge is -2.34. The molecular weight excluding hydrogens is 258 g/mol. The summed E-state index contributed by atoms with van der Waals surface area (Å²) in [4.78, 5) is 16.9. The van der Waals surface area contributed by atoms with E-state index in [4.69, 9.17) is 18.0 Å². The Labute approximate surface area is 118 Å². The van der Waals surface area contributed by atoms with E-state index in [1.165, 1.54) is 0 Å². The first-order valence-electron chi connectivity index (χ1n) is 6.58. The van der Waals surface area contributed by atoms with Gasteiger partial charge in [0.1, 0.15) is 0 Å². The Morgan fingerprint density at radius 1 is 1.37 bits per heavy atom. The molecule has 4 nitrogen and oxygen atoms in total. The smallest absolute Gasteiger partial charge is 0.237 e. The number of nitrogens with one attached hydrogen (secondary N) is 1. The van der Waals surface area contributed by atoms with Crippen LogP contribution in [0.25, 0.3) is 0 Å². The molecular formula is C14H19N3OS. The van der Waals surface area contributed by atoms with Crippen molar-refractivity contribution in [3.8, 4) is 0 Å². The van der Waals surface area contributed by atoms with Crippen LogP contribution < -0.4 is 11.1 Å². The number of hydrogen-bond acceptors (Lipinski definition) is 3. The predicted octanol–water partition coefficient (Wildman–Crippen LogP) is 2.57. The predicted molar refractivity (Wildman–Crippen MR) is 79.9 cm³/mol. The lowest BCUT2D eigenvalue weighted by molar-refractivity contribution is -0.123. The van der Waals surface area contributed by atoms with Crippen molar-refractivity contribution in [3.05, 3.63) is 24.0 Å². The van der Waals surface area contributed by atoms with Crippen molar-refractivity contribution >= 4 is 28.8 Å². The summed E-state index contributed by atoms with van der Waals surface area (Å²) < 4.78 is 0. The highest BCUT2D eigenvalue weighted by Gasteiger charge is 2.42. The third-order valence-corrected chi connectivity index (χ3v) is 4.14. The molecule has 3 N–H and O–H groups in total. The van der Waals surface area contributed by atoms with Gasteiger partial charge in [-0.25, -0.2) is 0 Å². The molecule has 0 unspecified atom stereocenters. The second-order valence-electron chi connectivity index (χ2n) is 5.21. The van der Waals surface area contributed by atoms with Crippen molar-refractivity contribution in [2.45, 2.75) is 39.0 Å². The number of pyridine rings is 1. The number of anilines is 1. The summed E-state index contributed by atoms with van der Waals surface area (Å²) in [7, 11) is 0. The molecule has 0 aromatic carbocycles. The van der Waals surface area contributed by atoms with Crippen LogP contribution in [-0.2, 0) is 4.79 Å². The van der Waals surface area contributed by atoms with E-state index in [2.05, 4.69) is 10.3 Å². The fourth-order valence-corrected chi connectivity index (χ4v) is 2.91. The molecule has 1 fully saturated rings. The van der Waals surface area contributed by atoms with Gasteiger partial charge in [-0.3, -0.25) is 9.78 Å². The molecule has 0 bridgehead atoms. The monoisotopic (exact) mass is 277 g/mol. The third-order valence-electron chi connectivity index (χ3n) is 3.75. The van der Waals surface area contributed by atoms with Crippen molar-refractivity contribution in [1.29, 1.82) is 0 Å². The highest BCUT2D eigenvalue weighted by Crippen LogP contribution is 2.37. The summed E-state index contributed by atoms with van der Waals surface area (Å²) in [5, 5.41) is 2.91. The Kier molecular flexibility index (Phi) is 4.14. The molecule has 0 atom stereocenters. The fraction of sp³-hybridized carbons (Fsp3) is 0.500. The van der Waals surface area contributed by atoms with Crippen molar-refractivity contribution < 1.29 is 4.79 Å². The van der Waals surface area contributed by atoms with E-state index >= 15 is 0 Å². The Balaban J connectivity index is 2.19. The first-order chi connectivity index (χ1) is 9.04. The molecule has 19 heavy (non-hydrogen) atoms. The molecule has 102 valence electrons. The van der Waals surface area contributed by atoms with Gasteiger partial charge in [0.05, 0.1) is 22.3 Å². The molecule has 1 saturated carbocycles. The van der Waals surface area contributed by atoms with Crippen LogP contribution in [0.2, 0.25) is 0 Å². The van der Waals surface area contributed by atoms with E-state index in [1.54, 1.807) is 12.4 Å². The van der Waals surface area contributed by atoms with Crippen LogP contribution in [0.3, 0.4) is 0 Å².